The molecule has 3 aromatic rings. The van der Waals surface area contributed by atoms with E-state index >= 15 is 0 Å². The van der Waals surface area contributed by atoms with Crippen LogP contribution in [0.25, 0.3) is 10.2 Å². The molecule has 0 aliphatic heterocycles. The fraction of sp³-hybridized carbons (Fsp3) is 0.263. The van der Waals surface area contributed by atoms with Crippen molar-refractivity contribution in [3.05, 3.63) is 54.1 Å². The summed E-state index contributed by atoms with van der Waals surface area (Å²) < 4.78 is 6.57. The fourth-order valence-electron chi connectivity index (χ4n) is 2.48. The second-order valence-electron chi connectivity index (χ2n) is 5.38. The lowest BCUT2D eigenvalue weighted by Crippen LogP contribution is -2.29. The summed E-state index contributed by atoms with van der Waals surface area (Å²) in [5.41, 5.74) is 1.98. The smallest absolute Gasteiger partial charge is 0.228 e. The number of benzene rings is 2. The number of aromatic nitrogens is 1. The standard InChI is InChI=1S/C19H20N2O2S/c1-3-18(22)21(13-14-8-6-5-7-9-14)19-20-16-11-10-15(23-4-2)12-17(16)24-19/h5-12H,3-4,13H2,1-2H3. The first-order valence-corrected chi connectivity index (χ1v) is 8.90. The first-order valence-electron chi connectivity index (χ1n) is 8.09. The summed E-state index contributed by atoms with van der Waals surface area (Å²) in [6, 6.07) is 15.8. The molecule has 0 radical (unpaired) electrons. The molecule has 2 aromatic carbocycles. The number of thiazole rings is 1. The number of ether oxygens (including phenoxy) is 1. The Kier molecular flexibility index (Phi) is 5.11. The maximum absolute atomic E-state index is 12.4. The molecule has 0 spiro atoms. The van der Waals surface area contributed by atoms with Crippen molar-refractivity contribution in [3.8, 4) is 5.75 Å². The van der Waals surface area contributed by atoms with Gasteiger partial charge < -0.3 is 4.74 Å². The molecule has 0 unspecified atom stereocenters. The van der Waals surface area contributed by atoms with E-state index in [0.717, 1.165) is 26.7 Å². The minimum absolute atomic E-state index is 0.0722. The van der Waals surface area contributed by atoms with Crippen LogP contribution in [0.5, 0.6) is 5.75 Å². The van der Waals surface area contributed by atoms with Crippen LogP contribution in [0.1, 0.15) is 25.8 Å². The highest BCUT2D eigenvalue weighted by Crippen LogP contribution is 2.32. The zero-order valence-electron chi connectivity index (χ0n) is 13.9. The Bertz CT molecular complexity index is 830. The Morgan fingerprint density at radius 3 is 2.67 bits per heavy atom. The molecule has 0 aliphatic carbocycles. The first-order chi connectivity index (χ1) is 11.7. The van der Waals surface area contributed by atoms with Crippen molar-refractivity contribution < 1.29 is 9.53 Å². The summed E-state index contributed by atoms with van der Waals surface area (Å²) in [7, 11) is 0. The monoisotopic (exact) mass is 340 g/mol. The molecule has 24 heavy (non-hydrogen) atoms. The summed E-state index contributed by atoms with van der Waals surface area (Å²) in [5.74, 6) is 0.902. The Labute approximate surface area is 145 Å². The van der Waals surface area contributed by atoms with Gasteiger partial charge in [0.2, 0.25) is 5.91 Å². The van der Waals surface area contributed by atoms with Gasteiger partial charge in [0.15, 0.2) is 5.13 Å². The average molecular weight is 340 g/mol. The molecular formula is C19H20N2O2S. The lowest BCUT2D eigenvalue weighted by atomic mass is 10.2. The van der Waals surface area contributed by atoms with Gasteiger partial charge >= 0.3 is 0 Å². The Morgan fingerprint density at radius 2 is 1.96 bits per heavy atom. The van der Waals surface area contributed by atoms with Gasteiger partial charge in [0.25, 0.3) is 0 Å². The molecule has 0 aliphatic rings. The molecule has 1 amide bonds. The van der Waals surface area contributed by atoms with E-state index in [1.807, 2.05) is 62.4 Å². The third-order valence-corrected chi connectivity index (χ3v) is 4.72. The van der Waals surface area contributed by atoms with Crippen molar-refractivity contribution in [2.24, 2.45) is 0 Å². The number of fused-ring (bicyclic) bond motifs is 1. The third kappa shape index (κ3) is 3.57. The SMILES string of the molecule is CCOc1ccc2nc(N(Cc3ccccc3)C(=O)CC)sc2c1. The van der Waals surface area contributed by atoms with Crippen LogP contribution in [-0.4, -0.2) is 17.5 Å². The zero-order chi connectivity index (χ0) is 16.9. The third-order valence-electron chi connectivity index (χ3n) is 3.68. The molecule has 5 heteroatoms. The van der Waals surface area contributed by atoms with Gasteiger partial charge in [-0.1, -0.05) is 48.6 Å². The number of hydrogen-bond acceptors (Lipinski definition) is 4. The normalized spacial score (nSPS) is 10.8. The van der Waals surface area contributed by atoms with Crippen LogP contribution in [-0.2, 0) is 11.3 Å². The molecule has 0 saturated carbocycles. The van der Waals surface area contributed by atoms with Crippen molar-refractivity contribution in [2.75, 3.05) is 11.5 Å². The number of nitrogens with zero attached hydrogens (tertiary/aromatic N) is 2. The van der Waals surface area contributed by atoms with Gasteiger partial charge in [0.1, 0.15) is 5.75 Å². The molecule has 0 fully saturated rings. The van der Waals surface area contributed by atoms with Crippen LogP contribution in [0.2, 0.25) is 0 Å². The van der Waals surface area contributed by atoms with E-state index in [2.05, 4.69) is 4.98 Å². The average Bonchev–Trinajstić information content (AvgIpc) is 3.03. The van der Waals surface area contributed by atoms with Crippen molar-refractivity contribution >= 4 is 32.6 Å². The maximum atomic E-state index is 12.4. The lowest BCUT2D eigenvalue weighted by molar-refractivity contribution is -0.118. The summed E-state index contributed by atoms with van der Waals surface area (Å²) >= 11 is 1.52. The number of rotatable bonds is 6. The minimum Gasteiger partial charge on any atom is -0.494 e. The lowest BCUT2D eigenvalue weighted by Gasteiger charge is -2.19. The van der Waals surface area contributed by atoms with Gasteiger partial charge in [0, 0.05) is 6.42 Å². The topological polar surface area (TPSA) is 42.4 Å². The minimum atomic E-state index is 0.0722. The molecule has 1 heterocycles. The molecule has 4 nitrogen and oxygen atoms in total. The van der Waals surface area contributed by atoms with Gasteiger partial charge in [-0.05, 0) is 30.7 Å². The number of carbonyl (C=O) groups excluding carboxylic acids is 1. The van der Waals surface area contributed by atoms with Crippen molar-refractivity contribution in [1.29, 1.82) is 0 Å². The van der Waals surface area contributed by atoms with Crippen LogP contribution in [0.15, 0.2) is 48.5 Å². The predicted octanol–water partition coefficient (Wildman–Crippen LogP) is 4.64. The van der Waals surface area contributed by atoms with Gasteiger partial charge in [0.05, 0.1) is 23.4 Å². The molecule has 1 aromatic heterocycles. The Balaban J connectivity index is 1.94. The van der Waals surface area contributed by atoms with E-state index < -0.39 is 0 Å². The maximum Gasteiger partial charge on any atom is 0.228 e. The molecule has 0 saturated heterocycles. The van der Waals surface area contributed by atoms with E-state index in [0.29, 0.717) is 19.6 Å². The van der Waals surface area contributed by atoms with Crippen LogP contribution in [0.3, 0.4) is 0 Å². The second kappa shape index (κ2) is 7.45. The summed E-state index contributed by atoms with van der Waals surface area (Å²) in [6.45, 7) is 5.00. The molecule has 0 bridgehead atoms. The van der Waals surface area contributed by atoms with Crippen LogP contribution in [0.4, 0.5) is 5.13 Å². The largest absolute Gasteiger partial charge is 0.494 e. The molecule has 0 N–H and O–H groups in total. The molecular weight excluding hydrogens is 320 g/mol. The highest BCUT2D eigenvalue weighted by molar-refractivity contribution is 7.22. The number of amides is 1. The summed E-state index contributed by atoms with van der Waals surface area (Å²) in [4.78, 5) is 18.8. The van der Waals surface area contributed by atoms with Crippen LogP contribution >= 0.6 is 11.3 Å². The van der Waals surface area contributed by atoms with E-state index in [4.69, 9.17) is 4.74 Å². The number of anilines is 1. The quantitative estimate of drug-likeness (QED) is 0.656. The van der Waals surface area contributed by atoms with Gasteiger partial charge in [-0.25, -0.2) is 4.98 Å². The van der Waals surface area contributed by atoms with Gasteiger partial charge in [-0.3, -0.25) is 9.69 Å². The van der Waals surface area contributed by atoms with E-state index in [-0.39, 0.29) is 5.91 Å². The molecule has 3 rings (SSSR count). The second-order valence-corrected chi connectivity index (χ2v) is 6.39. The summed E-state index contributed by atoms with van der Waals surface area (Å²) in [5, 5.41) is 0.731. The zero-order valence-corrected chi connectivity index (χ0v) is 14.7. The highest BCUT2D eigenvalue weighted by atomic mass is 32.1. The van der Waals surface area contributed by atoms with E-state index in [1.165, 1.54) is 11.3 Å². The molecule has 124 valence electrons. The molecule has 0 atom stereocenters. The Hall–Kier alpha value is -2.40. The van der Waals surface area contributed by atoms with Crippen LogP contribution < -0.4 is 9.64 Å². The number of carbonyl (C=O) groups is 1. The van der Waals surface area contributed by atoms with E-state index in [9.17, 15) is 4.79 Å². The number of hydrogen-bond donors (Lipinski definition) is 0. The van der Waals surface area contributed by atoms with E-state index in [1.54, 1.807) is 4.90 Å². The van der Waals surface area contributed by atoms with Crippen molar-refractivity contribution in [1.82, 2.24) is 4.98 Å². The van der Waals surface area contributed by atoms with Gasteiger partial charge in [-0.15, -0.1) is 0 Å². The van der Waals surface area contributed by atoms with Crippen LogP contribution in [0, 0.1) is 0 Å². The fourth-order valence-corrected chi connectivity index (χ4v) is 3.49. The summed E-state index contributed by atoms with van der Waals surface area (Å²) in [6.07, 6.45) is 0.451. The van der Waals surface area contributed by atoms with Crippen molar-refractivity contribution in [3.63, 3.8) is 0 Å². The van der Waals surface area contributed by atoms with Gasteiger partial charge in [-0.2, -0.15) is 0 Å². The van der Waals surface area contributed by atoms with Crippen molar-refractivity contribution in [2.45, 2.75) is 26.8 Å². The predicted molar refractivity (Wildman–Crippen MR) is 98.7 cm³/mol. The first kappa shape index (κ1) is 16.5. The highest BCUT2D eigenvalue weighted by Gasteiger charge is 2.19. The Morgan fingerprint density at radius 1 is 1.17 bits per heavy atom.